The molecule has 0 aliphatic rings. The van der Waals surface area contributed by atoms with Gasteiger partial charge < -0.3 is 4.55 Å². The fourth-order valence-corrected chi connectivity index (χ4v) is 2.20. The molecule has 0 saturated heterocycles. The predicted molar refractivity (Wildman–Crippen MR) is 43.9 cm³/mol. The van der Waals surface area contributed by atoms with Gasteiger partial charge in [-0.1, -0.05) is 0 Å². The Morgan fingerprint density at radius 1 is 1.33 bits per heavy atom. The van der Waals surface area contributed by atoms with Crippen LogP contribution in [0.15, 0.2) is 0 Å². The highest BCUT2D eigenvalue weighted by molar-refractivity contribution is 7.98. The summed E-state index contributed by atoms with van der Waals surface area (Å²) in [5.41, 5.74) is -0.703. The van der Waals surface area contributed by atoms with Crippen molar-refractivity contribution in [3.05, 3.63) is 0 Å². The van der Waals surface area contributed by atoms with Crippen LogP contribution in [0.1, 0.15) is 20.8 Å². The monoisotopic (exact) mass is 215 g/mol. The molecule has 0 amide bonds. The second-order valence-electron chi connectivity index (χ2n) is 3.17. The zero-order valence-electron chi connectivity index (χ0n) is 6.95. The van der Waals surface area contributed by atoms with Crippen LogP contribution in [0.3, 0.4) is 0 Å². The molecule has 74 valence electrons. The summed E-state index contributed by atoms with van der Waals surface area (Å²) in [5.74, 6) is 0. The third kappa shape index (κ3) is 6.68. The van der Waals surface area contributed by atoms with Crippen LogP contribution in [-0.4, -0.2) is 22.7 Å². The largest absolute Gasteiger partial charge is 0.759 e. The molecular weight excluding hydrogens is 204 g/mol. The highest BCUT2D eigenvalue weighted by Gasteiger charge is 2.19. The van der Waals surface area contributed by atoms with Crippen molar-refractivity contribution in [3.8, 4) is 0 Å². The van der Waals surface area contributed by atoms with Gasteiger partial charge in [0.05, 0.1) is 0 Å². The molecule has 0 rings (SSSR count). The molecular formula is C4H11N2O4S2-. The van der Waals surface area contributed by atoms with Gasteiger partial charge in [0.15, 0.2) is 0 Å². The molecule has 6 nitrogen and oxygen atoms in total. The number of nitrogens with one attached hydrogen (secondary N) is 2. The zero-order valence-corrected chi connectivity index (χ0v) is 8.58. The van der Waals surface area contributed by atoms with Gasteiger partial charge >= 0.3 is 0 Å². The molecule has 2 N–H and O–H groups in total. The van der Waals surface area contributed by atoms with Crippen LogP contribution in [0.2, 0.25) is 0 Å². The van der Waals surface area contributed by atoms with Crippen molar-refractivity contribution < 1.29 is 17.2 Å². The Hall–Kier alpha value is -0.0200. The Balaban J connectivity index is 4.36. The third-order valence-electron chi connectivity index (χ3n) is 0.618. The number of rotatable bonds is 3. The highest BCUT2D eigenvalue weighted by atomic mass is 32.3. The van der Waals surface area contributed by atoms with E-state index in [2.05, 4.69) is 4.72 Å². The quantitative estimate of drug-likeness (QED) is 0.590. The van der Waals surface area contributed by atoms with Crippen LogP contribution in [0.4, 0.5) is 0 Å². The zero-order chi connectivity index (χ0) is 9.99. The van der Waals surface area contributed by atoms with Gasteiger partial charge in [-0.25, -0.2) is 0 Å². The molecule has 0 saturated carbocycles. The molecule has 12 heavy (non-hydrogen) atoms. The summed E-state index contributed by atoms with van der Waals surface area (Å²) in [4.78, 5) is 0. The molecule has 0 heterocycles. The van der Waals surface area contributed by atoms with Gasteiger partial charge in [-0.3, -0.25) is 4.21 Å². The minimum Gasteiger partial charge on any atom is -0.759 e. The summed E-state index contributed by atoms with van der Waals surface area (Å²) < 4.78 is 45.1. The third-order valence-corrected chi connectivity index (χ3v) is 2.92. The van der Waals surface area contributed by atoms with E-state index in [1.165, 1.54) is 4.13 Å². The van der Waals surface area contributed by atoms with Gasteiger partial charge in [-0.15, -0.1) is 4.13 Å². The van der Waals surface area contributed by atoms with Crippen LogP contribution in [0.5, 0.6) is 0 Å². The van der Waals surface area contributed by atoms with Gasteiger partial charge in [0, 0.05) is 16.8 Å². The Labute approximate surface area is 74.3 Å². The molecule has 1 atom stereocenters. The highest BCUT2D eigenvalue weighted by Crippen LogP contribution is 2.00. The molecule has 0 radical (unpaired) electrons. The Morgan fingerprint density at radius 3 is 2.00 bits per heavy atom. The summed E-state index contributed by atoms with van der Waals surface area (Å²) in [5, 5.41) is 0. The first-order chi connectivity index (χ1) is 5.12. The maximum atomic E-state index is 10.8. The van der Waals surface area contributed by atoms with E-state index in [0.29, 0.717) is 0 Å². The van der Waals surface area contributed by atoms with E-state index in [-0.39, 0.29) is 0 Å². The molecule has 0 aromatic carbocycles. The van der Waals surface area contributed by atoms with E-state index >= 15 is 0 Å². The van der Waals surface area contributed by atoms with Gasteiger partial charge in [-0.2, -0.15) is 13.1 Å². The smallest absolute Gasteiger partial charge is 0.287 e. The maximum Gasteiger partial charge on any atom is 0.287 e. The molecule has 0 fully saturated rings. The lowest BCUT2D eigenvalue weighted by atomic mass is 10.1. The fraction of sp³-hybridized carbons (Fsp3) is 1.00. The summed E-state index contributed by atoms with van der Waals surface area (Å²) in [6.07, 6.45) is 0. The van der Waals surface area contributed by atoms with Crippen molar-refractivity contribution in [2.45, 2.75) is 26.3 Å². The minimum atomic E-state index is -3.95. The standard InChI is InChI=1S/C4H12N2O4S2/c1-4(2,3)5-12(9,10)6-11(7)8/h5-6H,1-3H3,(H,7,8)/p-1. The van der Waals surface area contributed by atoms with E-state index in [0.717, 1.165) is 0 Å². The van der Waals surface area contributed by atoms with Gasteiger partial charge in [-0.05, 0) is 20.8 Å². The SMILES string of the molecule is CC(C)(C)NS(=O)(=O)NS(=O)[O-]. The van der Waals surface area contributed by atoms with Crippen molar-refractivity contribution in [2.24, 2.45) is 0 Å². The van der Waals surface area contributed by atoms with Crippen LogP contribution < -0.4 is 8.85 Å². The van der Waals surface area contributed by atoms with Gasteiger partial charge in [0.1, 0.15) is 0 Å². The molecule has 8 heteroatoms. The minimum absolute atomic E-state index is 0.703. The average molecular weight is 215 g/mol. The van der Waals surface area contributed by atoms with Crippen molar-refractivity contribution >= 4 is 21.5 Å². The van der Waals surface area contributed by atoms with Gasteiger partial charge in [0.25, 0.3) is 10.2 Å². The van der Waals surface area contributed by atoms with Gasteiger partial charge in [0.2, 0.25) is 0 Å². The molecule has 0 aliphatic carbocycles. The Morgan fingerprint density at radius 2 is 1.75 bits per heavy atom. The first-order valence-corrected chi connectivity index (χ1v) is 5.59. The maximum absolute atomic E-state index is 10.8. The molecule has 0 aromatic heterocycles. The van der Waals surface area contributed by atoms with Crippen LogP contribution >= 0.6 is 0 Å². The van der Waals surface area contributed by atoms with E-state index in [1.807, 2.05) is 0 Å². The molecule has 0 aliphatic heterocycles. The van der Waals surface area contributed by atoms with E-state index < -0.39 is 27.0 Å². The normalized spacial score (nSPS) is 16.0. The van der Waals surface area contributed by atoms with Crippen molar-refractivity contribution in [1.29, 1.82) is 0 Å². The summed E-state index contributed by atoms with van der Waals surface area (Å²) >= 11 is -2.82. The van der Waals surface area contributed by atoms with Crippen LogP contribution in [0.25, 0.3) is 0 Å². The summed E-state index contributed by atoms with van der Waals surface area (Å²) in [7, 11) is -3.95. The second-order valence-corrected chi connectivity index (χ2v) is 5.52. The lowest BCUT2D eigenvalue weighted by Gasteiger charge is -2.20. The van der Waals surface area contributed by atoms with Crippen molar-refractivity contribution in [2.75, 3.05) is 0 Å². The Bertz CT molecular complexity index is 265. The lowest BCUT2D eigenvalue weighted by Crippen LogP contribution is -2.47. The van der Waals surface area contributed by atoms with E-state index in [1.54, 1.807) is 20.8 Å². The lowest BCUT2D eigenvalue weighted by molar-refractivity contribution is 0.486. The van der Waals surface area contributed by atoms with Crippen LogP contribution in [-0.2, 0) is 21.5 Å². The second kappa shape index (κ2) is 3.79. The fourth-order valence-electron chi connectivity index (χ4n) is 0.514. The molecule has 0 spiro atoms. The summed E-state index contributed by atoms with van der Waals surface area (Å²) in [6, 6.07) is 0. The van der Waals surface area contributed by atoms with E-state index in [4.69, 9.17) is 0 Å². The number of hydrogen-bond donors (Lipinski definition) is 2. The van der Waals surface area contributed by atoms with Crippen LogP contribution in [0, 0.1) is 0 Å². The predicted octanol–water partition coefficient (Wildman–Crippen LogP) is -0.997. The Kier molecular flexibility index (Phi) is 3.79. The molecule has 1 unspecified atom stereocenters. The van der Waals surface area contributed by atoms with E-state index in [9.17, 15) is 17.2 Å². The summed E-state index contributed by atoms with van der Waals surface area (Å²) in [6.45, 7) is 4.79. The van der Waals surface area contributed by atoms with Crippen molar-refractivity contribution in [1.82, 2.24) is 8.85 Å². The number of hydrogen-bond acceptors (Lipinski definition) is 4. The topological polar surface area (TPSA) is 98.3 Å². The average Bonchev–Trinajstić information content (AvgIpc) is 1.48. The molecule has 0 aromatic rings. The first-order valence-electron chi connectivity index (χ1n) is 3.03. The first kappa shape index (κ1) is 12.0. The molecule has 0 bridgehead atoms. The van der Waals surface area contributed by atoms with Crippen molar-refractivity contribution in [3.63, 3.8) is 0 Å².